The first-order valence-corrected chi connectivity index (χ1v) is 4.02. The van der Waals surface area contributed by atoms with Gasteiger partial charge in [0.1, 0.15) is 0 Å². The average molecular weight is 212 g/mol. The number of alkyl halides is 3. The third-order valence-corrected chi connectivity index (χ3v) is 1.62. The smallest absolute Gasteiger partial charge is 0.294 e. The predicted molar refractivity (Wildman–Crippen MR) is 42.2 cm³/mol. The molecule has 0 aliphatic heterocycles. The van der Waals surface area contributed by atoms with Gasteiger partial charge in [0, 0.05) is 25.6 Å². The number of rotatable bonds is 2. The summed E-state index contributed by atoms with van der Waals surface area (Å²) in [5, 5.41) is 1.61. The molecule has 0 saturated carbocycles. The Balaban J connectivity index is 2.75. The maximum atomic E-state index is 12.0. The minimum atomic E-state index is -4.47. The normalized spacial score (nSPS) is 12.2. The van der Waals surface area contributed by atoms with Crippen molar-refractivity contribution in [3.8, 4) is 0 Å². The largest absolute Gasteiger partial charge is 0.452 e. The van der Waals surface area contributed by atoms with Gasteiger partial charge in [0.15, 0.2) is 0 Å². The molecule has 0 atom stereocenters. The quantitative estimate of drug-likeness (QED) is 0.753. The van der Waals surface area contributed by atoms with Crippen molar-refractivity contribution in [3.63, 3.8) is 0 Å². The summed E-state index contributed by atoms with van der Waals surface area (Å²) in [6, 6.07) is 0. The highest BCUT2D eigenvalue weighted by atomic mass is 32.1. The van der Waals surface area contributed by atoms with E-state index >= 15 is 0 Å². The highest BCUT2D eigenvalue weighted by Crippen LogP contribution is 2.28. The van der Waals surface area contributed by atoms with E-state index in [4.69, 9.17) is 0 Å². The summed E-state index contributed by atoms with van der Waals surface area (Å²) in [6.45, 7) is 0. The van der Waals surface area contributed by atoms with Crippen molar-refractivity contribution in [2.75, 3.05) is 19.5 Å². The topological polar surface area (TPSA) is 41.0 Å². The Labute approximate surface area is 76.5 Å². The molecule has 0 aliphatic carbocycles. The molecule has 0 spiro atoms. The van der Waals surface area contributed by atoms with Crippen LogP contribution < -0.4 is 5.43 Å². The number of hydrogen-bond acceptors (Lipinski definition) is 5. The molecule has 13 heavy (non-hydrogen) atoms. The second-order valence-electron chi connectivity index (χ2n) is 2.43. The van der Waals surface area contributed by atoms with E-state index < -0.39 is 12.0 Å². The molecule has 74 valence electrons. The van der Waals surface area contributed by atoms with E-state index in [2.05, 4.69) is 14.8 Å². The Hall–Kier alpha value is -0.890. The molecular weight excluding hydrogens is 205 g/mol. The molecule has 0 unspecified atom stereocenters. The van der Waals surface area contributed by atoms with Crippen molar-refractivity contribution in [1.82, 2.24) is 14.4 Å². The van der Waals surface area contributed by atoms with Crippen LogP contribution in [0.15, 0.2) is 0 Å². The first-order chi connectivity index (χ1) is 5.89. The Kier molecular flexibility index (Phi) is 2.71. The second-order valence-corrected chi connectivity index (χ2v) is 3.18. The van der Waals surface area contributed by atoms with Crippen LogP contribution in [0.2, 0.25) is 0 Å². The predicted octanol–water partition coefficient (Wildman–Crippen LogP) is 1.45. The molecule has 1 rings (SSSR count). The Bertz CT molecular complexity index is 282. The molecule has 1 N–H and O–H groups in total. The van der Waals surface area contributed by atoms with Crippen LogP contribution in [0.4, 0.5) is 18.3 Å². The van der Waals surface area contributed by atoms with Crippen LogP contribution >= 0.6 is 11.5 Å². The average Bonchev–Trinajstić information content (AvgIpc) is 2.32. The molecule has 0 aliphatic rings. The zero-order valence-electron chi connectivity index (χ0n) is 6.88. The molecule has 0 aromatic carbocycles. The molecule has 1 aromatic heterocycles. The summed E-state index contributed by atoms with van der Waals surface area (Å²) in [4.78, 5) is 3.25. The number of halogens is 3. The first-order valence-electron chi connectivity index (χ1n) is 3.24. The fourth-order valence-electron chi connectivity index (χ4n) is 0.575. The van der Waals surface area contributed by atoms with Gasteiger partial charge in [0.2, 0.25) is 11.0 Å². The minimum absolute atomic E-state index is 0.123. The number of nitrogens with one attached hydrogen (secondary N) is 1. The number of aromatic nitrogens is 2. The van der Waals surface area contributed by atoms with Crippen molar-refractivity contribution < 1.29 is 13.2 Å². The van der Waals surface area contributed by atoms with Gasteiger partial charge in [0.05, 0.1) is 0 Å². The molecule has 0 radical (unpaired) electrons. The van der Waals surface area contributed by atoms with Gasteiger partial charge in [-0.1, -0.05) is 0 Å². The summed E-state index contributed by atoms with van der Waals surface area (Å²) in [5.41, 5.74) is 2.58. The summed E-state index contributed by atoms with van der Waals surface area (Å²) in [5.74, 6) is -1.11. The highest BCUT2D eigenvalue weighted by molar-refractivity contribution is 7.09. The van der Waals surface area contributed by atoms with Crippen molar-refractivity contribution >= 4 is 16.7 Å². The van der Waals surface area contributed by atoms with Crippen LogP contribution in [0.25, 0.3) is 0 Å². The van der Waals surface area contributed by atoms with Crippen LogP contribution in [0.3, 0.4) is 0 Å². The van der Waals surface area contributed by atoms with Crippen molar-refractivity contribution in [1.29, 1.82) is 0 Å². The Morgan fingerprint density at radius 1 is 1.38 bits per heavy atom. The lowest BCUT2D eigenvalue weighted by atomic mass is 10.6. The molecule has 0 fully saturated rings. The van der Waals surface area contributed by atoms with Crippen LogP contribution in [0, 0.1) is 0 Å². The van der Waals surface area contributed by atoms with Crippen LogP contribution in [-0.2, 0) is 6.18 Å². The third-order valence-electron chi connectivity index (χ3n) is 0.999. The van der Waals surface area contributed by atoms with Gasteiger partial charge in [-0.3, -0.25) is 5.43 Å². The van der Waals surface area contributed by atoms with E-state index in [-0.39, 0.29) is 5.13 Å². The van der Waals surface area contributed by atoms with Gasteiger partial charge < -0.3 is 0 Å². The number of nitrogens with zero attached hydrogens (tertiary/aromatic N) is 3. The fraction of sp³-hybridized carbons (Fsp3) is 0.600. The monoisotopic (exact) mass is 212 g/mol. The van der Waals surface area contributed by atoms with Crippen LogP contribution in [-0.4, -0.2) is 28.5 Å². The van der Waals surface area contributed by atoms with E-state index in [1.54, 1.807) is 14.1 Å². The summed E-state index contributed by atoms with van der Waals surface area (Å²) < 4.78 is 39.1. The summed E-state index contributed by atoms with van der Waals surface area (Å²) >= 11 is 0.671. The molecule has 1 heterocycles. The summed E-state index contributed by atoms with van der Waals surface area (Å²) in [7, 11) is 3.29. The van der Waals surface area contributed by atoms with E-state index in [1.807, 2.05) is 0 Å². The maximum absolute atomic E-state index is 12.0. The van der Waals surface area contributed by atoms with Gasteiger partial charge in [-0.05, 0) is 0 Å². The Morgan fingerprint density at radius 2 is 2.00 bits per heavy atom. The van der Waals surface area contributed by atoms with Crippen LogP contribution in [0.5, 0.6) is 0 Å². The van der Waals surface area contributed by atoms with Gasteiger partial charge in [-0.15, -0.1) is 0 Å². The lowest BCUT2D eigenvalue weighted by molar-refractivity contribution is -0.144. The van der Waals surface area contributed by atoms with E-state index in [1.165, 1.54) is 5.01 Å². The molecular formula is C5H7F3N4S. The van der Waals surface area contributed by atoms with Crippen molar-refractivity contribution in [2.45, 2.75) is 6.18 Å². The molecule has 1 aromatic rings. The highest BCUT2D eigenvalue weighted by Gasteiger charge is 2.36. The lowest BCUT2D eigenvalue weighted by Gasteiger charge is -2.08. The molecule has 4 nitrogen and oxygen atoms in total. The van der Waals surface area contributed by atoms with Gasteiger partial charge in [-0.2, -0.15) is 22.5 Å². The van der Waals surface area contributed by atoms with Crippen LogP contribution in [0.1, 0.15) is 5.82 Å². The van der Waals surface area contributed by atoms with E-state index in [0.29, 0.717) is 11.5 Å². The second kappa shape index (κ2) is 3.46. The van der Waals surface area contributed by atoms with Crippen molar-refractivity contribution in [2.24, 2.45) is 0 Å². The Morgan fingerprint density at radius 3 is 2.38 bits per heavy atom. The third kappa shape index (κ3) is 2.81. The minimum Gasteiger partial charge on any atom is -0.294 e. The molecule has 0 saturated heterocycles. The van der Waals surface area contributed by atoms with E-state index in [0.717, 1.165) is 0 Å². The fourth-order valence-corrected chi connectivity index (χ4v) is 1.24. The number of anilines is 1. The van der Waals surface area contributed by atoms with Crippen molar-refractivity contribution in [3.05, 3.63) is 5.82 Å². The summed E-state index contributed by atoms with van der Waals surface area (Å²) in [6.07, 6.45) is -4.47. The van der Waals surface area contributed by atoms with Gasteiger partial charge >= 0.3 is 6.18 Å². The van der Waals surface area contributed by atoms with Gasteiger partial charge in [0.25, 0.3) is 0 Å². The zero-order chi connectivity index (χ0) is 10.1. The number of hydrazine groups is 1. The first kappa shape index (κ1) is 10.2. The lowest BCUT2D eigenvalue weighted by Crippen LogP contribution is -2.19. The SMILES string of the molecule is CN(C)Nc1nc(C(F)(F)F)ns1. The van der Waals surface area contributed by atoms with E-state index in [9.17, 15) is 13.2 Å². The number of hydrogen-bond donors (Lipinski definition) is 1. The molecule has 0 amide bonds. The zero-order valence-corrected chi connectivity index (χ0v) is 7.70. The standard InChI is InChI=1S/C5H7F3N4S/c1-12(2)10-4-9-3(11-13-4)5(6,7)8/h1-2H3,(H,9,10,11). The van der Waals surface area contributed by atoms with Gasteiger partial charge in [-0.25, -0.2) is 5.01 Å². The molecule has 8 heteroatoms. The molecule has 0 bridgehead atoms. The maximum Gasteiger partial charge on any atom is 0.452 e.